The normalized spacial score (nSPS) is 11.7. The number of hydrogen-bond acceptors (Lipinski definition) is 3. The van der Waals surface area contributed by atoms with Crippen molar-refractivity contribution in [3.05, 3.63) is 97.4 Å². The molecular formula is C27H30N3NaO-2. The molecule has 4 nitrogen and oxygen atoms in total. The van der Waals surface area contributed by atoms with Crippen LogP contribution in [0.2, 0.25) is 0 Å². The van der Waals surface area contributed by atoms with Gasteiger partial charge in [0.1, 0.15) is 0 Å². The molecule has 0 spiro atoms. The van der Waals surface area contributed by atoms with Crippen LogP contribution in [0.1, 0.15) is 42.6 Å². The second-order valence-corrected chi connectivity index (χ2v) is 7.80. The molecule has 0 aliphatic carbocycles. The fraction of sp³-hybridized carbons (Fsp3) is 0.222. The molecule has 0 saturated heterocycles. The zero-order valence-electron chi connectivity index (χ0n) is 19.1. The Balaban J connectivity index is 0.000000461. The van der Waals surface area contributed by atoms with Gasteiger partial charge in [-0.05, 0) is 34.9 Å². The predicted octanol–water partition coefficient (Wildman–Crippen LogP) is 2.09. The summed E-state index contributed by atoms with van der Waals surface area (Å²) in [6, 6.07) is 22.7. The quantitative estimate of drug-likeness (QED) is 0.360. The maximum Gasteiger partial charge on any atom is 1.00 e. The van der Waals surface area contributed by atoms with Gasteiger partial charge in [0.2, 0.25) is 0 Å². The van der Waals surface area contributed by atoms with Crippen LogP contribution < -0.4 is 41.0 Å². The summed E-state index contributed by atoms with van der Waals surface area (Å²) >= 11 is 0. The first kappa shape index (κ1) is 26.3. The van der Waals surface area contributed by atoms with Gasteiger partial charge in [-0.15, -0.1) is 0 Å². The molecule has 162 valence electrons. The van der Waals surface area contributed by atoms with E-state index in [1.54, 1.807) is 0 Å². The van der Waals surface area contributed by atoms with Crippen LogP contribution in [0.5, 0.6) is 0 Å². The number of rotatable bonds is 6. The van der Waals surface area contributed by atoms with Crippen molar-refractivity contribution >= 4 is 28.0 Å². The van der Waals surface area contributed by atoms with Crippen molar-refractivity contribution in [2.24, 2.45) is 11.5 Å². The Bertz CT molecular complexity index is 1160. The molecule has 1 unspecified atom stereocenters. The van der Waals surface area contributed by atoms with Gasteiger partial charge >= 0.3 is 29.6 Å². The van der Waals surface area contributed by atoms with Crippen LogP contribution in [-0.4, -0.2) is 16.9 Å². The van der Waals surface area contributed by atoms with Crippen molar-refractivity contribution in [3.63, 3.8) is 0 Å². The van der Waals surface area contributed by atoms with Gasteiger partial charge in [0.15, 0.2) is 0 Å². The number of nitrogens with two attached hydrogens (primary N) is 2. The third-order valence-electron chi connectivity index (χ3n) is 5.51. The number of benzene rings is 3. The monoisotopic (exact) mass is 435 g/mol. The van der Waals surface area contributed by atoms with Crippen molar-refractivity contribution in [2.75, 3.05) is 0 Å². The summed E-state index contributed by atoms with van der Waals surface area (Å²) in [4.78, 5) is 11.5. The molecule has 4 rings (SSSR count). The molecule has 1 atom stereocenters. The molecule has 0 aliphatic heterocycles. The molecule has 4 aromatic rings. The molecule has 0 radical (unpaired) electrons. The van der Waals surface area contributed by atoms with Gasteiger partial charge < -0.3 is 34.7 Å². The van der Waals surface area contributed by atoms with Gasteiger partial charge in [-0.3, -0.25) is 0 Å². The van der Waals surface area contributed by atoms with Crippen LogP contribution in [-0.2, 0) is 11.3 Å². The third-order valence-corrected chi connectivity index (χ3v) is 5.51. The van der Waals surface area contributed by atoms with Crippen molar-refractivity contribution in [2.45, 2.75) is 38.4 Å². The molecule has 0 fully saturated rings. The summed E-state index contributed by atoms with van der Waals surface area (Å²) in [6.07, 6.45) is 3.67. The minimum atomic E-state index is -0.0473. The number of aromatic nitrogens is 1. The largest absolute Gasteiger partial charge is 1.00 e. The maximum atomic E-state index is 11.5. The van der Waals surface area contributed by atoms with Crippen LogP contribution in [0.25, 0.3) is 21.7 Å². The summed E-state index contributed by atoms with van der Waals surface area (Å²) in [5.41, 5.74) is 15.2. The molecular weight excluding hydrogens is 405 g/mol. The first-order chi connectivity index (χ1) is 15.0. The summed E-state index contributed by atoms with van der Waals surface area (Å²) in [5, 5.41) is 3.43. The van der Waals surface area contributed by atoms with Crippen molar-refractivity contribution in [3.8, 4) is 0 Å². The molecule has 1 aromatic heterocycles. The van der Waals surface area contributed by atoms with E-state index in [9.17, 15) is 4.79 Å². The Hall–Kier alpha value is -1.95. The number of nitrogens with zero attached hydrogens (tertiary/aromatic N) is 1. The summed E-state index contributed by atoms with van der Waals surface area (Å²) in [6.45, 7) is 9.77. The van der Waals surface area contributed by atoms with Crippen molar-refractivity contribution in [1.29, 1.82) is 0 Å². The fourth-order valence-corrected chi connectivity index (χ4v) is 3.55. The van der Waals surface area contributed by atoms with Gasteiger partial charge in [0.25, 0.3) is 0 Å². The van der Waals surface area contributed by atoms with E-state index >= 15 is 0 Å². The average molecular weight is 436 g/mol. The van der Waals surface area contributed by atoms with E-state index in [-0.39, 0.29) is 41.6 Å². The van der Waals surface area contributed by atoms with Gasteiger partial charge in [-0.25, -0.2) is 0 Å². The van der Waals surface area contributed by atoms with Crippen molar-refractivity contribution in [1.82, 2.24) is 4.57 Å². The van der Waals surface area contributed by atoms with Crippen LogP contribution in [0.15, 0.2) is 66.7 Å². The van der Waals surface area contributed by atoms with Crippen LogP contribution in [0, 0.1) is 13.8 Å². The van der Waals surface area contributed by atoms with E-state index in [2.05, 4.69) is 56.5 Å². The number of fused-ring (bicyclic) bond motifs is 2. The van der Waals surface area contributed by atoms with Crippen LogP contribution >= 0.6 is 0 Å². The fourth-order valence-electron chi connectivity index (χ4n) is 3.55. The predicted molar refractivity (Wildman–Crippen MR) is 130 cm³/mol. The van der Waals surface area contributed by atoms with E-state index in [0.29, 0.717) is 12.2 Å². The zero-order valence-corrected chi connectivity index (χ0v) is 21.1. The molecule has 0 amide bonds. The van der Waals surface area contributed by atoms with E-state index in [1.807, 2.05) is 41.8 Å². The Morgan fingerprint density at radius 1 is 0.938 bits per heavy atom. The standard InChI is InChI=1S/C22H19N2O.C5H11N.Na/c1-15(23)17-9-10-18-11-20(14-25)24(22(18)12-17)13-19-7-4-6-16-5-2-3-8-21(16)19;1-3-5(6)4-2;/h2-12,15H,13,23H2,1H3;5H,1-4,6H2;/q-1;-2;+1. The Kier molecular flexibility index (Phi) is 10.1. The smallest absolute Gasteiger partial charge is 0.417 e. The zero-order chi connectivity index (χ0) is 22.4. The molecule has 5 heteroatoms. The summed E-state index contributed by atoms with van der Waals surface area (Å²) in [5.74, 6) is 0. The Morgan fingerprint density at radius 2 is 1.62 bits per heavy atom. The topological polar surface area (TPSA) is 74.0 Å². The van der Waals surface area contributed by atoms with Crippen molar-refractivity contribution < 1.29 is 34.4 Å². The molecule has 3 aromatic carbocycles. The van der Waals surface area contributed by atoms with E-state index in [4.69, 9.17) is 11.5 Å². The second kappa shape index (κ2) is 12.3. The van der Waals surface area contributed by atoms with Gasteiger partial charge in [-0.1, -0.05) is 71.7 Å². The maximum absolute atomic E-state index is 11.5. The Labute approximate surface area is 213 Å². The number of carbonyl (C=O) groups excluding carboxylic acids is 1. The third kappa shape index (κ3) is 6.09. The minimum Gasteiger partial charge on any atom is -0.417 e. The van der Waals surface area contributed by atoms with E-state index in [0.717, 1.165) is 29.3 Å². The minimum absolute atomic E-state index is 0. The van der Waals surface area contributed by atoms with Gasteiger partial charge in [-0.2, -0.15) is 18.9 Å². The SMILES string of the molecule is CC(N)c1ccc2cc([C-]=O)n(Cc3cccc4ccccc34)c2c1.[CH2-]CC(N)C[CH2-].[Na+]. The first-order valence-corrected chi connectivity index (χ1v) is 10.6. The Morgan fingerprint density at radius 3 is 2.25 bits per heavy atom. The first-order valence-electron chi connectivity index (χ1n) is 10.6. The average Bonchev–Trinajstić information content (AvgIpc) is 3.15. The molecule has 0 saturated carbocycles. The van der Waals surface area contributed by atoms with E-state index in [1.165, 1.54) is 16.3 Å². The summed E-state index contributed by atoms with van der Waals surface area (Å²) < 4.78 is 2.02. The molecule has 0 bridgehead atoms. The molecule has 1 heterocycles. The number of hydrogen-bond donors (Lipinski definition) is 2. The summed E-state index contributed by atoms with van der Waals surface area (Å²) in [7, 11) is 0. The van der Waals surface area contributed by atoms with E-state index < -0.39 is 0 Å². The molecule has 4 N–H and O–H groups in total. The van der Waals surface area contributed by atoms with Gasteiger partial charge in [0.05, 0.1) is 0 Å². The molecule has 32 heavy (non-hydrogen) atoms. The van der Waals surface area contributed by atoms with Crippen LogP contribution in [0.3, 0.4) is 0 Å². The molecule has 0 aliphatic rings. The second-order valence-electron chi connectivity index (χ2n) is 7.80. The van der Waals surface area contributed by atoms with Crippen LogP contribution in [0.4, 0.5) is 0 Å². The van der Waals surface area contributed by atoms with Gasteiger partial charge in [0, 0.05) is 24.4 Å².